The average Bonchev–Trinajstić information content (AvgIpc) is 3.04. The zero-order valence-electron chi connectivity index (χ0n) is 15.9. The monoisotopic (exact) mass is 382 g/mol. The molecule has 0 saturated carbocycles. The molecule has 0 fully saturated rings. The van der Waals surface area contributed by atoms with Crippen LogP contribution in [0, 0.1) is 10.1 Å². The minimum atomic E-state index is -4.01. The largest absolute Gasteiger partial charge is 0.279 e. The average molecular weight is 382 g/mol. The molecule has 9 heteroatoms. The first-order valence-electron chi connectivity index (χ1n) is 8.57. The van der Waals surface area contributed by atoms with E-state index in [0.717, 1.165) is 33.5 Å². The summed E-state index contributed by atoms with van der Waals surface area (Å²) in [4.78, 5) is 11.1. The van der Waals surface area contributed by atoms with Crippen LogP contribution in [0.4, 0.5) is 0 Å². The van der Waals surface area contributed by atoms with Gasteiger partial charge in [0.1, 0.15) is 6.20 Å². The fourth-order valence-corrected chi connectivity index (χ4v) is 4.59. The van der Waals surface area contributed by atoms with Crippen molar-refractivity contribution in [2.45, 2.75) is 64.2 Å². The van der Waals surface area contributed by atoms with Crippen molar-refractivity contribution >= 4 is 10.0 Å². The summed E-state index contributed by atoms with van der Waals surface area (Å²) in [6, 6.07) is 3.86. The number of nitrogens with zero attached hydrogens (tertiary/aromatic N) is 3. The third-order valence-electron chi connectivity index (χ3n) is 4.32. The summed E-state index contributed by atoms with van der Waals surface area (Å²) < 4.78 is 27.4. The van der Waals surface area contributed by atoms with Gasteiger partial charge in [0.2, 0.25) is 0 Å². The lowest BCUT2D eigenvalue weighted by atomic mass is 9.89. The topological polar surface area (TPSA) is 95.8 Å². The molecule has 1 aliphatic heterocycles. The van der Waals surface area contributed by atoms with Crippen molar-refractivity contribution in [1.29, 1.82) is 0 Å². The summed E-state index contributed by atoms with van der Waals surface area (Å²) in [7, 11) is -4.01. The maximum atomic E-state index is 13.3. The normalized spacial score (nSPS) is 15.0. The lowest BCUT2D eigenvalue weighted by Gasteiger charge is -2.25. The predicted molar refractivity (Wildman–Crippen MR) is 98.8 cm³/mol. The zero-order chi connectivity index (χ0) is 19.8. The Bertz CT molecular complexity index is 802. The van der Waals surface area contributed by atoms with E-state index in [9.17, 15) is 18.5 Å². The highest BCUT2D eigenvalue weighted by molar-refractivity contribution is 7.89. The van der Waals surface area contributed by atoms with Crippen molar-refractivity contribution in [3.05, 3.63) is 51.3 Å². The second kappa shape index (κ2) is 7.24. The number of rotatable bonds is 6. The van der Waals surface area contributed by atoms with Crippen LogP contribution in [0.2, 0.25) is 0 Å². The van der Waals surface area contributed by atoms with Gasteiger partial charge < -0.3 is 0 Å². The van der Waals surface area contributed by atoms with Gasteiger partial charge in [0.25, 0.3) is 10.0 Å². The predicted octanol–water partition coefficient (Wildman–Crippen LogP) is 3.45. The SMILES string of the molecule is CC(C)c1cc(C(C)C)c(S(=O)(=O)N2C=CN([N+](=O)[O-])N2)c(C(C)C)c1. The Morgan fingerprint density at radius 2 is 1.46 bits per heavy atom. The highest BCUT2D eigenvalue weighted by Gasteiger charge is 2.35. The second-order valence-corrected chi connectivity index (χ2v) is 9.03. The molecule has 0 atom stereocenters. The summed E-state index contributed by atoms with van der Waals surface area (Å²) in [5.74, 6) is 0.222. The van der Waals surface area contributed by atoms with Gasteiger partial charge in [-0.2, -0.15) is 12.8 Å². The van der Waals surface area contributed by atoms with Gasteiger partial charge in [-0.05, 0) is 39.6 Å². The van der Waals surface area contributed by atoms with Crippen LogP contribution in [0.3, 0.4) is 0 Å². The molecule has 144 valence electrons. The Kier molecular flexibility index (Phi) is 5.62. The summed E-state index contributed by atoms with van der Waals surface area (Å²) in [6.07, 6.45) is 2.20. The van der Waals surface area contributed by atoms with E-state index in [-0.39, 0.29) is 22.6 Å². The molecule has 0 unspecified atom stereocenters. The molecule has 1 aromatic rings. The van der Waals surface area contributed by atoms with Gasteiger partial charge in [0, 0.05) is 0 Å². The molecule has 0 aromatic heterocycles. The molecule has 8 nitrogen and oxygen atoms in total. The highest BCUT2D eigenvalue weighted by atomic mass is 32.2. The van der Waals surface area contributed by atoms with Gasteiger partial charge in [-0.25, -0.2) is 10.1 Å². The van der Waals surface area contributed by atoms with Gasteiger partial charge in [-0.3, -0.25) is 0 Å². The Labute approximate surface area is 154 Å². The molecule has 26 heavy (non-hydrogen) atoms. The molecule has 1 aliphatic rings. The van der Waals surface area contributed by atoms with E-state index in [1.165, 1.54) is 0 Å². The lowest BCUT2D eigenvalue weighted by Crippen LogP contribution is -2.45. The van der Waals surface area contributed by atoms with E-state index in [4.69, 9.17) is 0 Å². The number of hydrogen-bond donors (Lipinski definition) is 1. The fourth-order valence-electron chi connectivity index (χ4n) is 2.80. The lowest BCUT2D eigenvalue weighted by molar-refractivity contribution is -0.655. The van der Waals surface area contributed by atoms with E-state index in [2.05, 4.69) is 19.4 Å². The number of sulfonamides is 1. The summed E-state index contributed by atoms with van der Waals surface area (Å²) in [5.41, 5.74) is 4.78. The van der Waals surface area contributed by atoms with E-state index in [1.807, 2.05) is 39.8 Å². The van der Waals surface area contributed by atoms with Crippen molar-refractivity contribution in [2.24, 2.45) is 0 Å². The van der Waals surface area contributed by atoms with E-state index in [0.29, 0.717) is 5.12 Å². The van der Waals surface area contributed by atoms with Crippen LogP contribution in [0.5, 0.6) is 0 Å². The van der Waals surface area contributed by atoms with Crippen molar-refractivity contribution in [2.75, 3.05) is 0 Å². The number of nitrogens with one attached hydrogen (secondary N) is 1. The maximum absolute atomic E-state index is 13.3. The number of hydrazine groups is 3. The molecule has 2 rings (SSSR count). The van der Waals surface area contributed by atoms with E-state index >= 15 is 0 Å². The van der Waals surface area contributed by atoms with Crippen LogP contribution < -0.4 is 5.53 Å². The molecular formula is C17H26N4O4S. The number of benzene rings is 1. The number of nitro groups is 1. The van der Waals surface area contributed by atoms with Gasteiger partial charge >= 0.3 is 0 Å². The van der Waals surface area contributed by atoms with Crippen LogP contribution in [0.1, 0.15) is 76.0 Å². The van der Waals surface area contributed by atoms with Crippen LogP contribution in [-0.4, -0.2) is 23.0 Å². The second-order valence-electron chi connectivity index (χ2n) is 7.27. The van der Waals surface area contributed by atoms with Gasteiger partial charge in [-0.1, -0.05) is 59.2 Å². The molecular weight excluding hydrogens is 356 g/mol. The minimum Gasteiger partial charge on any atom is -0.233 e. The molecule has 0 bridgehead atoms. The molecule has 0 amide bonds. The van der Waals surface area contributed by atoms with Crippen LogP contribution >= 0.6 is 0 Å². The molecule has 1 N–H and O–H groups in total. The fraction of sp³-hybridized carbons (Fsp3) is 0.529. The molecule has 1 aromatic carbocycles. The summed E-state index contributed by atoms with van der Waals surface area (Å²) in [6.45, 7) is 11.9. The Morgan fingerprint density at radius 3 is 1.81 bits per heavy atom. The summed E-state index contributed by atoms with van der Waals surface area (Å²) in [5, 5.41) is 10.6. The molecule has 0 spiro atoms. The standard InChI is InChI=1S/C17H26N4O4S/c1-11(2)14-9-15(12(3)4)17(16(10-14)13(5)6)26(24,25)20-8-7-19(18-20)21(22)23/h7-13,18H,1-6H3. The Morgan fingerprint density at radius 1 is 0.962 bits per heavy atom. The highest BCUT2D eigenvalue weighted by Crippen LogP contribution is 2.36. The molecule has 1 heterocycles. The van der Waals surface area contributed by atoms with Crippen LogP contribution in [0.25, 0.3) is 0 Å². The third kappa shape index (κ3) is 3.68. The van der Waals surface area contributed by atoms with Crippen molar-refractivity contribution in [3.8, 4) is 0 Å². The number of hydrogen-bond acceptors (Lipinski definition) is 5. The molecule has 0 saturated heterocycles. The van der Waals surface area contributed by atoms with Crippen molar-refractivity contribution in [3.63, 3.8) is 0 Å². The van der Waals surface area contributed by atoms with Gasteiger partial charge in [-0.15, -0.1) is 0 Å². The third-order valence-corrected chi connectivity index (χ3v) is 6.03. The first-order valence-corrected chi connectivity index (χ1v) is 10.0. The van der Waals surface area contributed by atoms with Crippen LogP contribution in [-0.2, 0) is 10.0 Å². The van der Waals surface area contributed by atoms with E-state index < -0.39 is 15.1 Å². The Balaban J connectivity index is 2.67. The first kappa shape index (κ1) is 20.2. The van der Waals surface area contributed by atoms with Crippen LogP contribution in [0.15, 0.2) is 29.4 Å². The Hall–Kier alpha value is -2.13. The zero-order valence-corrected chi connectivity index (χ0v) is 16.7. The minimum absolute atomic E-state index is 0.0193. The van der Waals surface area contributed by atoms with Gasteiger partial charge in [0.05, 0.1) is 11.1 Å². The quantitative estimate of drug-likeness (QED) is 0.598. The van der Waals surface area contributed by atoms with Gasteiger partial charge in [0.15, 0.2) is 5.03 Å². The maximum Gasteiger partial charge on any atom is 0.279 e. The summed E-state index contributed by atoms with van der Waals surface area (Å²) >= 11 is 0. The van der Waals surface area contributed by atoms with Crippen molar-refractivity contribution < 1.29 is 13.5 Å². The molecule has 0 radical (unpaired) electrons. The first-order chi connectivity index (χ1) is 12.0. The van der Waals surface area contributed by atoms with E-state index in [1.54, 1.807) is 0 Å². The van der Waals surface area contributed by atoms with Crippen molar-refractivity contribution in [1.82, 2.24) is 15.1 Å². The smallest absolute Gasteiger partial charge is 0.233 e. The molecule has 0 aliphatic carbocycles.